The smallest absolute Gasteiger partial charge is 0.329 e. The van der Waals surface area contributed by atoms with Gasteiger partial charge >= 0.3 is 6.03 Å². The topological polar surface area (TPSA) is 58.6 Å². The zero-order valence-corrected chi connectivity index (χ0v) is 18.7. The number of nitrogens with one attached hydrogen (secondary N) is 1. The molecule has 0 aliphatic carbocycles. The Morgan fingerprint density at radius 3 is 2.54 bits per heavy atom. The third-order valence-electron chi connectivity index (χ3n) is 3.88. The molecule has 0 atom stereocenters. The number of rotatable bonds is 5. The molecule has 3 rings (SSSR count). The van der Waals surface area contributed by atoms with Crippen molar-refractivity contribution < 1.29 is 18.7 Å². The number of benzene rings is 2. The molecule has 1 aliphatic rings. The molecule has 0 bridgehead atoms. The first-order chi connectivity index (χ1) is 13.4. The van der Waals surface area contributed by atoms with Crippen LogP contribution in [0.15, 0.2) is 42.1 Å². The van der Waals surface area contributed by atoms with E-state index < -0.39 is 17.8 Å². The summed E-state index contributed by atoms with van der Waals surface area (Å²) in [5.74, 6) is 2.11. The van der Waals surface area contributed by atoms with Crippen LogP contribution in [0.1, 0.15) is 11.1 Å². The van der Waals surface area contributed by atoms with Crippen LogP contribution < -0.4 is 10.1 Å². The summed E-state index contributed by atoms with van der Waals surface area (Å²) >= 11 is 4.24. The molecule has 1 aliphatic heterocycles. The van der Waals surface area contributed by atoms with Crippen molar-refractivity contribution in [1.29, 1.82) is 0 Å². The Balaban J connectivity index is 1.84. The van der Waals surface area contributed by atoms with E-state index in [2.05, 4.69) is 56.4 Å². The van der Waals surface area contributed by atoms with Crippen molar-refractivity contribution in [2.24, 2.45) is 0 Å². The number of halogens is 3. The average Bonchev–Trinajstić information content (AvgIpc) is 2.90. The lowest BCUT2D eigenvalue weighted by Crippen LogP contribution is -2.30. The molecular weight excluding hydrogens is 589 g/mol. The Hall–Kier alpha value is -2.13. The van der Waals surface area contributed by atoms with E-state index >= 15 is 0 Å². The van der Waals surface area contributed by atoms with Gasteiger partial charge in [0.1, 0.15) is 23.9 Å². The number of carbonyl (C=O) groups excluding carboxylic acids is 2. The van der Waals surface area contributed by atoms with E-state index in [1.54, 1.807) is 18.2 Å². The van der Waals surface area contributed by atoms with Gasteiger partial charge in [-0.25, -0.2) is 9.18 Å². The van der Waals surface area contributed by atoms with Gasteiger partial charge in [-0.05, 0) is 75.0 Å². The van der Waals surface area contributed by atoms with Crippen molar-refractivity contribution in [3.8, 4) is 18.1 Å². The van der Waals surface area contributed by atoms with E-state index in [9.17, 15) is 14.0 Å². The molecule has 1 fully saturated rings. The number of hydrogen-bond acceptors (Lipinski definition) is 3. The van der Waals surface area contributed by atoms with Crippen LogP contribution in [-0.4, -0.2) is 23.4 Å². The highest BCUT2D eigenvalue weighted by molar-refractivity contribution is 14.1. The largest absolute Gasteiger partial charge is 0.479 e. The lowest BCUT2D eigenvalue weighted by molar-refractivity contribution is -0.123. The van der Waals surface area contributed by atoms with Gasteiger partial charge in [-0.2, -0.15) is 0 Å². The highest BCUT2D eigenvalue weighted by Crippen LogP contribution is 2.30. The number of nitrogens with zero attached hydrogens (tertiary/aromatic N) is 1. The first-order valence-electron chi connectivity index (χ1n) is 8.04. The average molecular weight is 602 g/mol. The first-order valence-corrected chi connectivity index (χ1v) is 10.2. The van der Waals surface area contributed by atoms with Gasteiger partial charge in [0.05, 0.1) is 13.7 Å². The van der Waals surface area contributed by atoms with Crippen LogP contribution in [-0.2, 0) is 11.3 Å². The molecule has 0 radical (unpaired) electrons. The van der Waals surface area contributed by atoms with Gasteiger partial charge in [0.15, 0.2) is 0 Å². The molecule has 142 valence electrons. The second kappa shape index (κ2) is 8.91. The number of carbonyl (C=O) groups is 2. The van der Waals surface area contributed by atoms with Crippen LogP contribution in [0.3, 0.4) is 0 Å². The Morgan fingerprint density at radius 2 is 1.89 bits per heavy atom. The van der Waals surface area contributed by atoms with E-state index in [4.69, 9.17) is 11.2 Å². The fourth-order valence-electron chi connectivity index (χ4n) is 2.59. The maximum atomic E-state index is 13.8. The normalized spacial score (nSPS) is 14.9. The molecule has 8 heteroatoms. The van der Waals surface area contributed by atoms with Gasteiger partial charge in [-0.15, -0.1) is 6.42 Å². The second-order valence-corrected chi connectivity index (χ2v) is 8.10. The van der Waals surface area contributed by atoms with E-state index in [-0.39, 0.29) is 24.4 Å². The first kappa shape index (κ1) is 20.6. The molecular formula is C20H13FI2N2O3. The van der Waals surface area contributed by atoms with Crippen molar-refractivity contribution >= 4 is 63.2 Å². The van der Waals surface area contributed by atoms with Crippen molar-refractivity contribution in [2.75, 3.05) is 6.61 Å². The molecule has 5 nitrogen and oxygen atoms in total. The van der Waals surface area contributed by atoms with Crippen molar-refractivity contribution in [2.45, 2.75) is 6.54 Å². The van der Waals surface area contributed by atoms with Crippen LogP contribution >= 0.6 is 45.2 Å². The summed E-state index contributed by atoms with van der Waals surface area (Å²) in [5, 5.41) is 2.54. The number of urea groups is 1. The Bertz CT molecular complexity index is 1010. The lowest BCUT2D eigenvalue weighted by Gasteiger charge is -2.12. The molecule has 2 aromatic carbocycles. The van der Waals surface area contributed by atoms with E-state index in [1.165, 1.54) is 12.1 Å². The maximum Gasteiger partial charge on any atom is 0.329 e. The summed E-state index contributed by atoms with van der Waals surface area (Å²) in [7, 11) is 0. The molecule has 0 saturated carbocycles. The fourth-order valence-corrected chi connectivity index (χ4v) is 4.72. The highest BCUT2D eigenvalue weighted by Gasteiger charge is 2.34. The minimum absolute atomic E-state index is 0.130. The summed E-state index contributed by atoms with van der Waals surface area (Å²) in [4.78, 5) is 25.8. The molecule has 1 N–H and O–H groups in total. The Labute approximate surface area is 188 Å². The SMILES string of the molecule is C#CCOc1c(I)cc(/C=C2/NC(=O)N(Cc3ccccc3F)C2=O)cc1I. The predicted molar refractivity (Wildman–Crippen MR) is 120 cm³/mol. The van der Waals surface area contributed by atoms with E-state index in [0.29, 0.717) is 5.75 Å². The molecule has 0 unspecified atom stereocenters. The van der Waals surface area contributed by atoms with E-state index in [0.717, 1.165) is 17.6 Å². The van der Waals surface area contributed by atoms with Crippen LogP contribution in [0.25, 0.3) is 6.08 Å². The standard InChI is InChI=1S/C20H13FI2N2O3/c1-2-7-28-18-15(22)8-12(9-16(18)23)10-17-19(26)25(20(27)24-17)11-13-5-3-4-6-14(13)21/h1,3-6,8-10H,7,11H2,(H,24,27)/b17-10+. The minimum atomic E-state index is -0.585. The van der Waals surface area contributed by atoms with Crippen LogP contribution in [0.4, 0.5) is 9.18 Å². The van der Waals surface area contributed by atoms with Gasteiger partial charge in [0.2, 0.25) is 0 Å². The number of ether oxygens (including phenoxy) is 1. The van der Waals surface area contributed by atoms with Gasteiger partial charge in [0.25, 0.3) is 5.91 Å². The Kier molecular flexibility index (Phi) is 6.56. The van der Waals surface area contributed by atoms with Crippen molar-refractivity contribution in [3.05, 3.63) is 66.2 Å². The molecule has 1 saturated heterocycles. The number of amides is 3. The summed E-state index contributed by atoms with van der Waals surface area (Å²) < 4.78 is 21.0. The number of hydrogen-bond donors (Lipinski definition) is 1. The molecule has 0 aromatic heterocycles. The van der Waals surface area contributed by atoms with Crippen molar-refractivity contribution in [3.63, 3.8) is 0 Å². The maximum absolute atomic E-state index is 13.8. The van der Waals surface area contributed by atoms with Gasteiger partial charge < -0.3 is 10.1 Å². The fraction of sp³-hybridized carbons (Fsp3) is 0.100. The zero-order valence-electron chi connectivity index (χ0n) is 14.3. The summed E-state index contributed by atoms with van der Waals surface area (Å²) in [6, 6.07) is 9.09. The highest BCUT2D eigenvalue weighted by atomic mass is 127. The van der Waals surface area contributed by atoms with Gasteiger partial charge in [-0.3, -0.25) is 9.69 Å². The summed E-state index contributed by atoms with van der Waals surface area (Å²) in [6.07, 6.45) is 6.81. The second-order valence-electron chi connectivity index (χ2n) is 5.78. The third kappa shape index (κ3) is 4.47. The summed E-state index contributed by atoms with van der Waals surface area (Å²) in [5.41, 5.74) is 1.12. The third-order valence-corrected chi connectivity index (χ3v) is 5.48. The van der Waals surface area contributed by atoms with Gasteiger partial charge in [0, 0.05) is 5.56 Å². The molecule has 1 heterocycles. The monoisotopic (exact) mass is 602 g/mol. The predicted octanol–water partition coefficient (Wildman–Crippen LogP) is 4.14. The minimum Gasteiger partial charge on any atom is -0.479 e. The number of imide groups is 1. The Morgan fingerprint density at radius 1 is 1.21 bits per heavy atom. The summed E-state index contributed by atoms with van der Waals surface area (Å²) in [6.45, 7) is 0.0224. The van der Waals surface area contributed by atoms with Crippen molar-refractivity contribution in [1.82, 2.24) is 10.2 Å². The zero-order chi connectivity index (χ0) is 20.3. The van der Waals surface area contributed by atoms with E-state index in [1.807, 2.05) is 12.1 Å². The van der Waals surface area contributed by atoms with Crippen LogP contribution in [0.2, 0.25) is 0 Å². The lowest BCUT2D eigenvalue weighted by atomic mass is 10.1. The molecule has 3 amide bonds. The quantitative estimate of drug-likeness (QED) is 0.243. The molecule has 28 heavy (non-hydrogen) atoms. The van der Waals surface area contributed by atoms with Crippen LogP contribution in [0, 0.1) is 25.3 Å². The molecule has 2 aromatic rings. The van der Waals surface area contributed by atoms with Gasteiger partial charge in [-0.1, -0.05) is 24.1 Å². The number of terminal acetylenes is 1. The van der Waals surface area contributed by atoms with Crippen LogP contribution in [0.5, 0.6) is 5.75 Å². The molecule has 0 spiro atoms.